The van der Waals surface area contributed by atoms with Gasteiger partial charge in [0.15, 0.2) is 0 Å². The number of azo groups is 1. The molecule has 0 radical (unpaired) electrons. The molecule has 0 amide bonds. The first-order valence-corrected chi connectivity index (χ1v) is 8.62. The predicted octanol–water partition coefficient (Wildman–Crippen LogP) is 1.04. The molecule has 2 rings (SSSR count). The van der Waals surface area contributed by atoms with Crippen molar-refractivity contribution >= 4 is 33.1 Å². The summed E-state index contributed by atoms with van der Waals surface area (Å²) >= 11 is 0. The van der Waals surface area contributed by atoms with Gasteiger partial charge < -0.3 is 11.5 Å². The van der Waals surface area contributed by atoms with Crippen molar-refractivity contribution in [2.24, 2.45) is 36.1 Å². The van der Waals surface area contributed by atoms with E-state index < -0.39 is 16.0 Å². The number of sulfonamides is 1. The third-order valence-electron chi connectivity index (χ3n) is 3.26. The zero-order valence-electron chi connectivity index (χ0n) is 13.4. The fraction of sp³-hybridized carbons (Fsp3) is 0.357. The van der Waals surface area contributed by atoms with E-state index in [1.54, 1.807) is 0 Å². The van der Waals surface area contributed by atoms with Crippen LogP contribution in [0.1, 0.15) is 13.8 Å². The van der Waals surface area contributed by atoms with Crippen molar-refractivity contribution in [2.45, 2.75) is 24.8 Å². The molecule has 0 saturated heterocycles. The molecule has 0 atom stereocenters. The average molecular weight is 349 g/mol. The Morgan fingerprint density at radius 2 is 1.62 bits per heavy atom. The number of nitrogens with two attached hydrogens (primary N) is 2. The van der Waals surface area contributed by atoms with E-state index in [0.29, 0.717) is 18.8 Å². The zero-order chi connectivity index (χ0) is 17.7. The summed E-state index contributed by atoms with van der Waals surface area (Å²) in [6.45, 7) is 5.07. The summed E-state index contributed by atoms with van der Waals surface area (Å²) in [7, 11) is -3.91. The summed E-state index contributed by atoms with van der Waals surface area (Å²) in [5.74, 6) is -0.517. The summed E-state index contributed by atoms with van der Waals surface area (Å²) in [5, 5.41) is 8.40. The van der Waals surface area contributed by atoms with Gasteiger partial charge in [0.1, 0.15) is 6.04 Å². The summed E-state index contributed by atoms with van der Waals surface area (Å²) in [6, 6.07) is 5.48. The number of benzene rings is 1. The SMILES string of the molecule is CC1=NCCN=C(C)C1N=Nc1ccc(S(=O)(=O)N=C(N)N)cc1. The maximum atomic E-state index is 11.9. The average Bonchev–Trinajstić information content (AvgIpc) is 2.66. The van der Waals surface area contributed by atoms with Gasteiger partial charge in [-0.05, 0) is 38.1 Å². The fourth-order valence-electron chi connectivity index (χ4n) is 2.10. The van der Waals surface area contributed by atoms with E-state index in [4.69, 9.17) is 11.5 Å². The number of nitrogens with zero attached hydrogens (tertiary/aromatic N) is 5. The Balaban J connectivity index is 2.21. The molecular formula is C14H19N7O2S. The van der Waals surface area contributed by atoms with Gasteiger partial charge >= 0.3 is 0 Å². The zero-order valence-corrected chi connectivity index (χ0v) is 14.2. The van der Waals surface area contributed by atoms with E-state index in [1.807, 2.05) is 13.8 Å². The van der Waals surface area contributed by atoms with Crippen LogP contribution in [0.3, 0.4) is 0 Å². The van der Waals surface area contributed by atoms with Gasteiger partial charge in [0, 0.05) is 11.4 Å². The molecule has 1 aliphatic heterocycles. The Morgan fingerprint density at radius 1 is 1.08 bits per heavy atom. The van der Waals surface area contributed by atoms with E-state index in [2.05, 4.69) is 24.6 Å². The van der Waals surface area contributed by atoms with Crippen molar-refractivity contribution in [1.29, 1.82) is 0 Å². The van der Waals surface area contributed by atoms with E-state index in [0.717, 1.165) is 11.4 Å². The third kappa shape index (κ3) is 4.44. The highest BCUT2D eigenvalue weighted by Gasteiger charge is 2.17. The summed E-state index contributed by atoms with van der Waals surface area (Å²) in [4.78, 5) is 8.72. The molecule has 9 nitrogen and oxygen atoms in total. The molecular weight excluding hydrogens is 330 g/mol. The van der Waals surface area contributed by atoms with E-state index in [-0.39, 0.29) is 10.9 Å². The largest absolute Gasteiger partial charge is 0.369 e. The smallest absolute Gasteiger partial charge is 0.285 e. The maximum absolute atomic E-state index is 11.9. The lowest BCUT2D eigenvalue weighted by Crippen LogP contribution is -2.24. The molecule has 1 aliphatic rings. The van der Waals surface area contributed by atoms with Crippen LogP contribution in [0.15, 0.2) is 53.8 Å². The second-order valence-corrected chi connectivity index (χ2v) is 6.75. The Hall–Kier alpha value is -2.62. The quantitative estimate of drug-likeness (QED) is 0.474. The number of hydrogen-bond donors (Lipinski definition) is 2. The van der Waals surface area contributed by atoms with Crippen molar-refractivity contribution in [3.63, 3.8) is 0 Å². The van der Waals surface area contributed by atoms with Crippen LogP contribution >= 0.6 is 0 Å². The topological polar surface area (TPSA) is 148 Å². The number of guanidine groups is 1. The van der Waals surface area contributed by atoms with Gasteiger partial charge in [-0.25, -0.2) is 0 Å². The Bertz CT molecular complexity index is 799. The van der Waals surface area contributed by atoms with Gasteiger partial charge in [0.25, 0.3) is 10.0 Å². The van der Waals surface area contributed by atoms with E-state index in [9.17, 15) is 8.42 Å². The van der Waals surface area contributed by atoms with Crippen LogP contribution in [0.4, 0.5) is 5.69 Å². The summed E-state index contributed by atoms with van der Waals surface area (Å²) in [6.07, 6.45) is 0. The highest BCUT2D eigenvalue weighted by molar-refractivity contribution is 7.90. The highest BCUT2D eigenvalue weighted by atomic mass is 32.2. The molecule has 0 unspecified atom stereocenters. The maximum Gasteiger partial charge on any atom is 0.285 e. The van der Waals surface area contributed by atoms with Crippen molar-refractivity contribution < 1.29 is 8.42 Å². The number of hydrogen-bond acceptors (Lipinski definition) is 6. The van der Waals surface area contributed by atoms with E-state index >= 15 is 0 Å². The highest BCUT2D eigenvalue weighted by Crippen LogP contribution is 2.19. The molecule has 4 N–H and O–H groups in total. The first-order chi connectivity index (χ1) is 11.3. The first-order valence-electron chi connectivity index (χ1n) is 7.18. The number of rotatable bonds is 4. The van der Waals surface area contributed by atoms with Crippen LogP contribution in [0.25, 0.3) is 0 Å². The summed E-state index contributed by atoms with van der Waals surface area (Å²) < 4.78 is 26.9. The Labute approximate surface area is 140 Å². The van der Waals surface area contributed by atoms with E-state index in [1.165, 1.54) is 24.3 Å². The monoisotopic (exact) mass is 349 g/mol. The van der Waals surface area contributed by atoms with Crippen LogP contribution in [0.5, 0.6) is 0 Å². The van der Waals surface area contributed by atoms with Gasteiger partial charge in [-0.2, -0.15) is 18.6 Å². The third-order valence-corrected chi connectivity index (χ3v) is 4.58. The lowest BCUT2D eigenvalue weighted by molar-refractivity contribution is 0.598. The molecule has 128 valence electrons. The second-order valence-electron chi connectivity index (χ2n) is 5.15. The van der Waals surface area contributed by atoms with Crippen LogP contribution in [-0.4, -0.2) is 44.9 Å². The minimum absolute atomic E-state index is 0.0280. The van der Waals surface area contributed by atoms with Crippen LogP contribution < -0.4 is 11.5 Å². The molecule has 0 saturated carbocycles. The molecule has 0 bridgehead atoms. The number of aliphatic imine (C=N–C) groups is 2. The first kappa shape index (κ1) is 17.7. The van der Waals surface area contributed by atoms with Gasteiger partial charge in [-0.3, -0.25) is 9.98 Å². The molecule has 1 aromatic carbocycles. The Kier molecular flexibility index (Phi) is 5.39. The molecule has 0 spiro atoms. The molecule has 1 heterocycles. The molecule has 10 heteroatoms. The van der Waals surface area contributed by atoms with Gasteiger partial charge in [0.2, 0.25) is 5.96 Å². The van der Waals surface area contributed by atoms with Crippen molar-refractivity contribution in [1.82, 2.24) is 0 Å². The lowest BCUT2D eigenvalue weighted by Gasteiger charge is -2.08. The van der Waals surface area contributed by atoms with Crippen LogP contribution in [0.2, 0.25) is 0 Å². The van der Waals surface area contributed by atoms with Crippen molar-refractivity contribution in [3.05, 3.63) is 24.3 Å². The van der Waals surface area contributed by atoms with Crippen molar-refractivity contribution in [2.75, 3.05) is 13.1 Å². The van der Waals surface area contributed by atoms with Crippen LogP contribution in [0, 0.1) is 0 Å². The van der Waals surface area contributed by atoms with Crippen LogP contribution in [-0.2, 0) is 10.0 Å². The van der Waals surface area contributed by atoms with Gasteiger partial charge in [0.05, 0.1) is 23.7 Å². The molecule has 0 aliphatic carbocycles. The lowest BCUT2D eigenvalue weighted by atomic mass is 10.1. The molecule has 0 aromatic heterocycles. The predicted molar refractivity (Wildman–Crippen MR) is 93.7 cm³/mol. The summed E-state index contributed by atoms with van der Waals surface area (Å²) in [5.41, 5.74) is 12.4. The molecule has 0 fully saturated rings. The Morgan fingerprint density at radius 3 is 2.12 bits per heavy atom. The fourth-order valence-corrected chi connectivity index (χ4v) is 2.96. The van der Waals surface area contributed by atoms with Crippen molar-refractivity contribution in [3.8, 4) is 0 Å². The molecule has 24 heavy (non-hydrogen) atoms. The normalized spacial score (nSPS) is 16.4. The van der Waals surface area contributed by atoms with Gasteiger partial charge in [-0.15, -0.1) is 4.40 Å². The minimum atomic E-state index is -3.91. The standard InChI is InChI=1S/C14H19N7O2S/c1-9-13(10(2)18-8-7-17-9)20-19-11-3-5-12(6-4-11)24(22,23)21-14(15)16/h3-6,13H,7-8H2,1-2H3,(H4,15,16,21). The minimum Gasteiger partial charge on any atom is -0.369 e. The van der Waals surface area contributed by atoms with Gasteiger partial charge in [-0.1, -0.05) is 0 Å². The second kappa shape index (κ2) is 7.30. The molecule has 1 aromatic rings.